The second-order valence-electron chi connectivity index (χ2n) is 5.59. The smallest absolute Gasteiger partial charge is 0.387 e. The molecule has 0 fully saturated rings. The normalized spacial score (nSPS) is 11.1. The Balaban J connectivity index is 1.71. The van der Waals surface area contributed by atoms with Gasteiger partial charge >= 0.3 is 6.61 Å². The van der Waals surface area contributed by atoms with Crippen molar-refractivity contribution in [3.8, 4) is 11.5 Å². The second-order valence-corrected chi connectivity index (χ2v) is 5.59. The summed E-state index contributed by atoms with van der Waals surface area (Å²) in [7, 11) is 0. The van der Waals surface area contributed by atoms with Crippen LogP contribution in [0.4, 0.5) is 13.2 Å². The van der Waals surface area contributed by atoms with E-state index in [-0.39, 0.29) is 17.1 Å². The molecule has 0 aliphatic heterocycles. The first kappa shape index (κ1) is 19.2. The zero-order chi connectivity index (χ0) is 19.9. The molecule has 1 N–H and O–H groups in total. The first-order valence-corrected chi connectivity index (χ1v) is 8.20. The number of nitrogens with one attached hydrogen (secondary N) is 1. The number of carbonyl (C=O) groups excluding carboxylic acids is 1. The van der Waals surface area contributed by atoms with E-state index in [1.807, 2.05) is 0 Å². The molecule has 28 heavy (non-hydrogen) atoms. The molecule has 8 heteroatoms. The van der Waals surface area contributed by atoms with Gasteiger partial charge in [-0.05, 0) is 29.0 Å². The lowest BCUT2D eigenvalue weighted by molar-refractivity contribution is -0.123. The summed E-state index contributed by atoms with van der Waals surface area (Å²) in [6.07, 6.45) is 1.21. The van der Waals surface area contributed by atoms with Crippen LogP contribution in [0.5, 0.6) is 11.5 Å². The average molecular weight is 388 g/mol. The van der Waals surface area contributed by atoms with Crippen LogP contribution in [0.25, 0.3) is 10.8 Å². The molecule has 0 aliphatic rings. The Kier molecular flexibility index (Phi) is 6.11. The molecule has 5 nitrogen and oxygen atoms in total. The van der Waals surface area contributed by atoms with Crippen molar-refractivity contribution < 1.29 is 27.4 Å². The van der Waals surface area contributed by atoms with Crippen LogP contribution >= 0.6 is 0 Å². The van der Waals surface area contributed by atoms with Crippen molar-refractivity contribution in [1.82, 2.24) is 5.43 Å². The van der Waals surface area contributed by atoms with Gasteiger partial charge in [0.05, 0.1) is 6.21 Å². The van der Waals surface area contributed by atoms with Gasteiger partial charge in [0.1, 0.15) is 5.75 Å². The number of halogens is 3. The highest BCUT2D eigenvalue weighted by Gasteiger charge is 2.12. The van der Waals surface area contributed by atoms with Crippen LogP contribution < -0.4 is 14.9 Å². The third-order valence-electron chi connectivity index (χ3n) is 3.73. The van der Waals surface area contributed by atoms with Crippen LogP contribution in [0.3, 0.4) is 0 Å². The van der Waals surface area contributed by atoms with Crippen LogP contribution in [0, 0.1) is 5.82 Å². The van der Waals surface area contributed by atoms with Gasteiger partial charge in [0, 0.05) is 5.56 Å². The van der Waals surface area contributed by atoms with Gasteiger partial charge in [0.25, 0.3) is 5.91 Å². The van der Waals surface area contributed by atoms with E-state index in [0.717, 1.165) is 5.39 Å². The molecule has 3 aromatic rings. The van der Waals surface area contributed by atoms with Crippen molar-refractivity contribution in [3.05, 3.63) is 72.0 Å². The summed E-state index contributed by atoms with van der Waals surface area (Å²) in [6.45, 7) is -3.47. The molecule has 3 rings (SSSR count). The topological polar surface area (TPSA) is 59.9 Å². The number of hydrogen-bond donors (Lipinski definition) is 1. The van der Waals surface area contributed by atoms with E-state index in [1.165, 1.54) is 30.5 Å². The molecule has 3 aromatic carbocycles. The summed E-state index contributed by atoms with van der Waals surface area (Å²) >= 11 is 0. The number of fused-ring (bicyclic) bond motifs is 1. The van der Waals surface area contributed by atoms with Crippen molar-refractivity contribution >= 4 is 22.9 Å². The van der Waals surface area contributed by atoms with Gasteiger partial charge in [0.15, 0.2) is 18.2 Å². The molecule has 0 atom stereocenters. The van der Waals surface area contributed by atoms with Crippen LogP contribution in [-0.2, 0) is 4.79 Å². The average Bonchev–Trinajstić information content (AvgIpc) is 2.68. The predicted octanol–water partition coefficient (Wildman–Crippen LogP) is 4.11. The number of rotatable bonds is 7. The number of hydrogen-bond acceptors (Lipinski definition) is 4. The second kappa shape index (κ2) is 8.90. The minimum absolute atomic E-state index is 0.0664. The van der Waals surface area contributed by atoms with Crippen LogP contribution in [0.2, 0.25) is 0 Å². The molecule has 0 unspecified atom stereocenters. The predicted molar refractivity (Wildman–Crippen MR) is 98.2 cm³/mol. The zero-order valence-corrected chi connectivity index (χ0v) is 14.4. The number of ether oxygens (including phenoxy) is 2. The van der Waals surface area contributed by atoms with Crippen LogP contribution in [-0.4, -0.2) is 25.3 Å². The SMILES string of the molecule is O=C(COc1ccccc1F)N/N=C\c1c(OC(F)F)ccc2ccccc12. The van der Waals surface area contributed by atoms with Gasteiger partial charge in [0.2, 0.25) is 0 Å². The minimum Gasteiger partial charge on any atom is -0.481 e. The first-order chi connectivity index (χ1) is 13.5. The lowest BCUT2D eigenvalue weighted by Gasteiger charge is -2.10. The van der Waals surface area contributed by atoms with E-state index >= 15 is 0 Å². The van der Waals surface area contributed by atoms with Gasteiger partial charge < -0.3 is 9.47 Å². The highest BCUT2D eigenvalue weighted by molar-refractivity contribution is 6.02. The van der Waals surface area contributed by atoms with Crippen molar-refractivity contribution in [3.63, 3.8) is 0 Å². The standard InChI is InChI=1S/C20H15F3N2O3/c21-16-7-3-4-8-18(16)27-12-19(26)25-24-11-15-14-6-2-1-5-13(14)9-10-17(15)28-20(22)23/h1-11,20H,12H2,(H,25,26)/b24-11-. The van der Waals surface area contributed by atoms with Gasteiger partial charge in [-0.3, -0.25) is 4.79 Å². The van der Waals surface area contributed by atoms with Gasteiger partial charge in [-0.1, -0.05) is 42.5 Å². The number of nitrogens with zero attached hydrogens (tertiary/aromatic N) is 1. The summed E-state index contributed by atoms with van der Waals surface area (Å²) in [5.41, 5.74) is 2.49. The number of amides is 1. The maximum atomic E-state index is 13.4. The zero-order valence-electron chi connectivity index (χ0n) is 14.4. The van der Waals surface area contributed by atoms with E-state index in [4.69, 9.17) is 4.74 Å². The molecule has 0 spiro atoms. The Morgan fingerprint density at radius 2 is 1.79 bits per heavy atom. The third kappa shape index (κ3) is 4.79. The summed E-state index contributed by atoms with van der Waals surface area (Å²) in [6, 6.07) is 15.8. The highest BCUT2D eigenvalue weighted by atomic mass is 19.3. The fourth-order valence-corrected chi connectivity index (χ4v) is 2.51. The molecule has 144 valence electrons. The van der Waals surface area contributed by atoms with Crippen molar-refractivity contribution in [2.45, 2.75) is 6.61 Å². The molecular weight excluding hydrogens is 373 g/mol. The van der Waals surface area contributed by atoms with E-state index in [2.05, 4.69) is 15.3 Å². The lowest BCUT2D eigenvalue weighted by atomic mass is 10.0. The Morgan fingerprint density at radius 1 is 1.04 bits per heavy atom. The van der Waals surface area contributed by atoms with Crippen LogP contribution in [0.1, 0.15) is 5.56 Å². The monoisotopic (exact) mass is 388 g/mol. The van der Waals surface area contributed by atoms with Crippen molar-refractivity contribution in [2.75, 3.05) is 6.61 Å². The largest absolute Gasteiger partial charge is 0.481 e. The summed E-state index contributed by atoms with van der Waals surface area (Å²) in [5, 5.41) is 5.19. The van der Waals surface area contributed by atoms with Crippen LogP contribution in [0.15, 0.2) is 65.8 Å². The van der Waals surface area contributed by atoms with E-state index in [0.29, 0.717) is 5.39 Å². The maximum absolute atomic E-state index is 13.4. The molecular formula is C20H15F3N2O3. The quantitative estimate of drug-likeness (QED) is 0.490. The third-order valence-corrected chi connectivity index (χ3v) is 3.73. The lowest BCUT2D eigenvalue weighted by Crippen LogP contribution is -2.24. The first-order valence-electron chi connectivity index (χ1n) is 8.20. The number of para-hydroxylation sites is 1. The number of hydrazone groups is 1. The molecule has 0 aromatic heterocycles. The van der Waals surface area contributed by atoms with Crippen molar-refractivity contribution in [1.29, 1.82) is 0 Å². The molecule has 0 radical (unpaired) electrons. The van der Waals surface area contributed by atoms with E-state index in [1.54, 1.807) is 36.4 Å². The fraction of sp³-hybridized carbons (Fsp3) is 0.100. The molecule has 0 heterocycles. The molecule has 0 saturated carbocycles. The Hall–Kier alpha value is -3.55. The molecule has 0 aliphatic carbocycles. The number of carbonyl (C=O) groups is 1. The molecule has 0 bridgehead atoms. The van der Waals surface area contributed by atoms with Gasteiger partial charge in [-0.25, -0.2) is 9.82 Å². The van der Waals surface area contributed by atoms with E-state index < -0.39 is 24.9 Å². The van der Waals surface area contributed by atoms with E-state index in [9.17, 15) is 18.0 Å². The van der Waals surface area contributed by atoms with Gasteiger partial charge in [-0.2, -0.15) is 13.9 Å². The number of alkyl halides is 2. The maximum Gasteiger partial charge on any atom is 0.387 e. The van der Waals surface area contributed by atoms with Gasteiger partial charge in [-0.15, -0.1) is 0 Å². The van der Waals surface area contributed by atoms with Crippen molar-refractivity contribution in [2.24, 2.45) is 5.10 Å². The Morgan fingerprint density at radius 3 is 2.57 bits per heavy atom. The highest BCUT2D eigenvalue weighted by Crippen LogP contribution is 2.27. The fourth-order valence-electron chi connectivity index (χ4n) is 2.51. The molecule has 0 saturated heterocycles. The Bertz CT molecular complexity index is 1010. The molecule has 1 amide bonds. The summed E-state index contributed by atoms with van der Waals surface area (Å²) in [4.78, 5) is 11.8. The minimum atomic E-state index is -3.00. The Labute approximate surface area is 158 Å². The summed E-state index contributed by atoms with van der Waals surface area (Å²) in [5.74, 6) is -1.38. The number of benzene rings is 3. The summed E-state index contributed by atoms with van der Waals surface area (Å²) < 4.78 is 48.4.